The minimum atomic E-state index is -0.140. The van der Waals surface area contributed by atoms with Gasteiger partial charge in [0.25, 0.3) is 0 Å². The maximum atomic E-state index is 11.9. The van der Waals surface area contributed by atoms with Crippen molar-refractivity contribution < 1.29 is 4.79 Å². The lowest BCUT2D eigenvalue weighted by Crippen LogP contribution is -2.21. The molecule has 0 spiro atoms. The van der Waals surface area contributed by atoms with Crippen molar-refractivity contribution in [2.24, 2.45) is 5.10 Å². The maximum absolute atomic E-state index is 11.9. The van der Waals surface area contributed by atoms with E-state index in [-0.39, 0.29) is 12.3 Å². The summed E-state index contributed by atoms with van der Waals surface area (Å²) in [6.07, 6.45) is 1.04. The predicted octanol–water partition coefficient (Wildman–Crippen LogP) is 3.81. The molecule has 2 aromatic rings. The lowest BCUT2D eigenvalue weighted by atomic mass is 10.1. The average Bonchev–Trinajstić information content (AvgIpc) is 2.51. The van der Waals surface area contributed by atoms with Gasteiger partial charge in [-0.05, 0) is 29.7 Å². The molecule has 0 heterocycles. The average molecular weight is 301 g/mol. The molecule has 2 rings (SSSR count). The Morgan fingerprint density at radius 1 is 1.10 bits per heavy atom. The first-order valence-electron chi connectivity index (χ1n) is 6.84. The molecule has 4 heteroatoms. The summed E-state index contributed by atoms with van der Waals surface area (Å²) in [6.45, 7) is 2.01. The number of nitrogens with one attached hydrogen (secondary N) is 1. The number of halogens is 1. The number of carbonyl (C=O) groups excluding carboxylic acids is 1. The second kappa shape index (κ2) is 7.60. The van der Waals surface area contributed by atoms with Crippen LogP contribution in [0.1, 0.15) is 24.5 Å². The van der Waals surface area contributed by atoms with Crippen molar-refractivity contribution in [1.29, 1.82) is 0 Å². The summed E-state index contributed by atoms with van der Waals surface area (Å²) in [4.78, 5) is 11.9. The summed E-state index contributed by atoms with van der Waals surface area (Å²) in [6, 6.07) is 17.0. The quantitative estimate of drug-likeness (QED) is 0.662. The molecule has 0 aliphatic rings. The van der Waals surface area contributed by atoms with E-state index in [1.54, 1.807) is 12.1 Å². The first-order chi connectivity index (χ1) is 10.2. The van der Waals surface area contributed by atoms with Crippen LogP contribution in [0.5, 0.6) is 0 Å². The molecule has 0 aliphatic carbocycles. The molecule has 0 unspecified atom stereocenters. The molecular weight excluding hydrogens is 284 g/mol. The minimum Gasteiger partial charge on any atom is -0.273 e. The summed E-state index contributed by atoms with van der Waals surface area (Å²) < 4.78 is 0. The van der Waals surface area contributed by atoms with Gasteiger partial charge in [-0.3, -0.25) is 4.79 Å². The minimum absolute atomic E-state index is 0.140. The lowest BCUT2D eigenvalue weighted by molar-refractivity contribution is -0.120. The van der Waals surface area contributed by atoms with Crippen LogP contribution in [0, 0.1) is 0 Å². The van der Waals surface area contributed by atoms with E-state index in [9.17, 15) is 4.79 Å². The van der Waals surface area contributed by atoms with Gasteiger partial charge in [0.05, 0.1) is 12.1 Å². The van der Waals surface area contributed by atoms with E-state index in [0.717, 1.165) is 23.3 Å². The number of nitrogens with zero attached hydrogens (tertiary/aromatic N) is 1. The molecule has 2 aromatic carbocycles. The van der Waals surface area contributed by atoms with E-state index in [2.05, 4.69) is 10.5 Å². The molecule has 108 valence electrons. The molecule has 0 fully saturated rings. The van der Waals surface area contributed by atoms with Crippen molar-refractivity contribution in [1.82, 2.24) is 5.43 Å². The smallest absolute Gasteiger partial charge is 0.244 e. The van der Waals surface area contributed by atoms with Crippen molar-refractivity contribution in [2.45, 2.75) is 19.8 Å². The van der Waals surface area contributed by atoms with Gasteiger partial charge in [-0.2, -0.15) is 5.10 Å². The monoisotopic (exact) mass is 300 g/mol. The van der Waals surface area contributed by atoms with Gasteiger partial charge in [0, 0.05) is 5.02 Å². The van der Waals surface area contributed by atoms with Gasteiger partial charge in [0.2, 0.25) is 5.91 Å². The zero-order valence-corrected chi connectivity index (χ0v) is 12.6. The molecule has 0 atom stereocenters. The number of hydrogen-bond donors (Lipinski definition) is 1. The van der Waals surface area contributed by atoms with Crippen LogP contribution in [0.4, 0.5) is 0 Å². The van der Waals surface area contributed by atoms with E-state index < -0.39 is 0 Å². The SMILES string of the molecule is CCC(=NNC(=O)Cc1ccc(Cl)cc1)c1ccccc1. The normalized spacial score (nSPS) is 11.2. The van der Waals surface area contributed by atoms with Crippen molar-refractivity contribution in [3.05, 3.63) is 70.7 Å². The topological polar surface area (TPSA) is 41.5 Å². The fourth-order valence-corrected chi connectivity index (χ4v) is 2.06. The molecule has 0 aromatic heterocycles. The molecule has 1 amide bonds. The molecule has 3 nitrogen and oxygen atoms in total. The van der Waals surface area contributed by atoms with Crippen LogP contribution in [-0.4, -0.2) is 11.6 Å². The van der Waals surface area contributed by atoms with Gasteiger partial charge >= 0.3 is 0 Å². The Kier molecular flexibility index (Phi) is 5.52. The second-order valence-electron chi connectivity index (χ2n) is 4.62. The zero-order chi connectivity index (χ0) is 15.1. The highest BCUT2D eigenvalue weighted by Gasteiger charge is 2.04. The van der Waals surface area contributed by atoms with Gasteiger partial charge in [0.1, 0.15) is 0 Å². The van der Waals surface area contributed by atoms with Crippen LogP contribution in [0.2, 0.25) is 5.02 Å². The molecule has 0 aliphatic heterocycles. The highest BCUT2D eigenvalue weighted by atomic mass is 35.5. The molecule has 0 saturated carbocycles. The number of rotatable bonds is 5. The van der Waals surface area contributed by atoms with Gasteiger partial charge in [0.15, 0.2) is 0 Å². The van der Waals surface area contributed by atoms with Gasteiger partial charge in [-0.15, -0.1) is 0 Å². The lowest BCUT2D eigenvalue weighted by Gasteiger charge is -2.05. The standard InChI is InChI=1S/C17H17ClN2O/c1-2-16(14-6-4-3-5-7-14)19-20-17(21)12-13-8-10-15(18)11-9-13/h3-11H,2,12H2,1H3,(H,20,21). The molecular formula is C17H17ClN2O. The maximum Gasteiger partial charge on any atom is 0.244 e. The third-order valence-corrected chi connectivity index (χ3v) is 3.29. The van der Waals surface area contributed by atoms with Crippen molar-refractivity contribution in [2.75, 3.05) is 0 Å². The summed E-state index contributed by atoms with van der Waals surface area (Å²) in [5, 5.41) is 4.88. The molecule has 0 bridgehead atoms. The van der Waals surface area contributed by atoms with E-state index in [1.807, 2.05) is 49.4 Å². The fraction of sp³-hybridized carbons (Fsp3) is 0.176. The Balaban J connectivity index is 1.98. The number of hydrazone groups is 1. The number of amides is 1. The van der Waals surface area contributed by atoms with Crippen LogP contribution >= 0.6 is 11.6 Å². The van der Waals surface area contributed by atoms with Crippen molar-refractivity contribution in [3.8, 4) is 0 Å². The van der Waals surface area contributed by atoms with Crippen LogP contribution < -0.4 is 5.43 Å². The van der Waals surface area contributed by atoms with E-state index >= 15 is 0 Å². The Hall–Kier alpha value is -2.13. The highest BCUT2D eigenvalue weighted by molar-refractivity contribution is 6.30. The third-order valence-electron chi connectivity index (χ3n) is 3.04. The first-order valence-corrected chi connectivity index (χ1v) is 7.22. The van der Waals surface area contributed by atoms with E-state index in [1.165, 1.54) is 0 Å². The van der Waals surface area contributed by atoms with Crippen LogP contribution in [0.25, 0.3) is 0 Å². The van der Waals surface area contributed by atoms with Gasteiger partial charge < -0.3 is 0 Å². The highest BCUT2D eigenvalue weighted by Crippen LogP contribution is 2.10. The zero-order valence-electron chi connectivity index (χ0n) is 11.8. The fourth-order valence-electron chi connectivity index (χ4n) is 1.94. The van der Waals surface area contributed by atoms with Gasteiger partial charge in [-0.1, -0.05) is 61.0 Å². The Morgan fingerprint density at radius 3 is 2.38 bits per heavy atom. The number of benzene rings is 2. The Morgan fingerprint density at radius 2 is 1.76 bits per heavy atom. The molecule has 0 radical (unpaired) electrons. The summed E-state index contributed by atoms with van der Waals surface area (Å²) in [5.74, 6) is -0.140. The summed E-state index contributed by atoms with van der Waals surface area (Å²) in [5.41, 5.74) is 5.40. The largest absolute Gasteiger partial charge is 0.273 e. The second-order valence-corrected chi connectivity index (χ2v) is 5.05. The predicted molar refractivity (Wildman–Crippen MR) is 86.6 cm³/mol. The Bertz CT molecular complexity index is 621. The molecule has 0 saturated heterocycles. The third kappa shape index (κ3) is 4.72. The first kappa shape index (κ1) is 15.3. The van der Waals surface area contributed by atoms with E-state index in [4.69, 9.17) is 11.6 Å². The molecule has 1 N–H and O–H groups in total. The van der Waals surface area contributed by atoms with Gasteiger partial charge in [-0.25, -0.2) is 5.43 Å². The van der Waals surface area contributed by atoms with Crippen molar-refractivity contribution >= 4 is 23.2 Å². The number of hydrogen-bond acceptors (Lipinski definition) is 2. The summed E-state index contributed by atoms with van der Waals surface area (Å²) in [7, 11) is 0. The Labute approximate surface area is 129 Å². The summed E-state index contributed by atoms with van der Waals surface area (Å²) >= 11 is 5.82. The van der Waals surface area contributed by atoms with Crippen LogP contribution in [0.15, 0.2) is 59.7 Å². The van der Waals surface area contributed by atoms with Crippen LogP contribution in [-0.2, 0) is 11.2 Å². The van der Waals surface area contributed by atoms with Crippen molar-refractivity contribution in [3.63, 3.8) is 0 Å². The van der Waals surface area contributed by atoms with Crippen LogP contribution in [0.3, 0.4) is 0 Å². The number of carbonyl (C=O) groups is 1. The van der Waals surface area contributed by atoms with E-state index in [0.29, 0.717) is 5.02 Å². The molecule has 21 heavy (non-hydrogen) atoms.